The first-order chi connectivity index (χ1) is 13.6. The van der Waals surface area contributed by atoms with Gasteiger partial charge in [-0.05, 0) is 55.5 Å². The van der Waals surface area contributed by atoms with E-state index in [0.29, 0.717) is 28.5 Å². The van der Waals surface area contributed by atoms with Crippen LogP contribution < -0.4 is 9.64 Å². The minimum absolute atomic E-state index is 0.179. The molecule has 3 rings (SSSR count). The smallest absolute Gasteiger partial charge is 0.198 e. The highest BCUT2D eigenvalue weighted by Gasteiger charge is 2.19. The molecule has 0 unspecified atom stereocenters. The Morgan fingerprint density at radius 3 is 2.43 bits per heavy atom. The van der Waals surface area contributed by atoms with Crippen LogP contribution in [-0.2, 0) is 0 Å². The monoisotopic (exact) mass is 392 g/mol. The number of nitrogens with zero attached hydrogens (tertiary/aromatic N) is 2. The molecule has 0 aliphatic rings. The van der Waals surface area contributed by atoms with Crippen molar-refractivity contribution in [2.45, 2.75) is 6.92 Å². The summed E-state index contributed by atoms with van der Waals surface area (Å²) in [6.45, 7) is 2.56. The molecule has 0 N–H and O–H groups in total. The third-order valence-electron chi connectivity index (χ3n) is 4.18. The summed E-state index contributed by atoms with van der Waals surface area (Å²) in [5.41, 5.74) is 2.42. The van der Waals surface area contributed by atoms with E-state index in [1.165, 1.54) is 0 Å². The van der Waals surface area contributed by atoms with Crippen LogP contribution in [0.4, 0.5) is 5.69 Å². The lowest BCUT2D eigenvalue weighted by molar-refractivity contribution is 0.105. The van der Waals surface area contributed by atoms with Crippen LogP contribution in [-0.4, -0.2) is 24.4 Å². The van der Waals surface area contributed by atoms with Crippen molar-refractivity contribution in [3.8, 4) is 5.75 Å². The fourth-order valence-electron chi connectivity index (χ4n) is 2.77. The summed E-state index contributed by atoms with van der Waals surface area (Å²) >= 11 is 6.26. The van der Waals surface area contributed by atoms with Crippen molar-refractivity contribution in [2.75, 3.05) is 18.6 Å². The number of carbonyl (C=O) groups is 1. The highest BCUT2D eigenvalue weighted by molar-refractivity contribution is 6.39. The third kappa shape index (κ3) is 4.59. The third-order valence-corrected chi connectivity index (χ3v) is 4.51. The van der Waals surface area contributed by atoms with Gasteiger partial charge in [0.15, 0.2) is 5.78 Å². The second kappa shape index (κ2) is 9.20. The van der Waals surface area contributed by atoms with Gasteiger partial charge in [-0.1, -0.05) is 29.8 Å². The van der Waals surface area contributed by atoms with Gasteiger partial charge in [-0.15, -0.1) is 0 Å². The van der Waals surface area contributed by atoms with Crippen LogP contribution in [0.1, 0.15) is 23.0 Å². The molecule has 3 aromatic rings. The van der Waals surface area contributed by atoms with Gasteiger partial charge in [-0.2, -0.15) is 0 Å². The van der Waals surface area contributed by atoms with Crippen LogP contribution in [0.15, 0.2) is 79.1 Å². The van der Waals surface area contributed by atoms with Crippen molar-refractivity contribution < 1.29 is 9.53 Å². The molecule has 2 aromatic carbocycles. The van der Waals surface area contributed by atoms with E-state index in [4.69, 9.17) is 16.3 Å². The molecule has 0 fully saturated rings. The van der Waals surface area contributed by atoms with Gasteiger partial charge in [0.05, 0.1) is 22.9 Å². The maximum absolute atomic E-state index is 13.2. The second-order valence-corrected chi connectivity index (χ2v) is 6.51. The molecular weight excluding hydrogens is 372 g/mol. The number of hydrogen-bond acceptors (Lipinski definition) is 4. The van der Waals surface area contributed by atoms with Gasteiger partial charge in [0.25, 0.3) is 0 Å². The number of ketones is 1. The molecule has 0 saturated carbocycles. The predicted molar refractivity (Wildman–Crippen MR) is 114 cm³/mol. The largest absolute Gasteiger partial charge is 0.494 e. The van der Waals surface area contributed by atoms with Crippen molar-refractivity contribution in [3.05, 3.63) is 95.4 Å². The summed E-state index contributed by atoms with van der Waals surface area (Å²) in [6, 6.07) is 20.2. The molecule has 4 nitrogen and oxygen atoms in total. The fourth-order valence-corrected chi connectivity index (χ4v) is 2.99. The number of benzene rings is 2. The minimum Gasteiger partial charge on any atom is -0.494 e. The number of aromatic nitrogens is 1. The van der Waals surface area contributed by atoms with E-state index >= 15 is 0 Å². The summed E-state index contributed by atoms with van der Waals surface area (Å²) in [7, 11) is 1.89. The van der Waals surface area contributed by atoms with Gasteiger partial charge < -0.3 is 9.64 Å². The number of Topliss-reactive ketones (excluding diaryl/α,β-unsaturated/α-hetero) is 1. The van der Waals surface area contributed by atoms with Crippen LogP contribution >= 0.6 is 11.6 Å². The first-order valence-corrected chi connectivity index (χ1v) is 9.36. The number of pyridine rings is 1. The van der Waals surface area contributed by atoms with E-state index in [1.54, 1.807) is 36.7 Å². The van der Waals surface area contributed by atoms with Crippen LogP contribution in [0.2, 0.25) is 5.02 Å². The highest BCUT2D eigenvalue weighted by Crippen LogP contribution is 2.26. The SMILES string of the molecule is CCOc1ccc(N(C)/C=C(\C(=O)c2ccccc2Cl)c2ccccn2)cc1. The molecular formula is C23H21ClN2O2. The lowest BCUT2D eigenvalue weighted by Crippen LogP contribution is -2.13. The molecule has 0 aliphatic carbocycles. The van der Waals surface area contributed by atoms with E-state index in [2.05, 4.69) is 4.98 Å². The Kier molecular flexibility index (Phi) is 6.45. The molecule has 0 aliphatic heterocycles. The van der Waals surface area contributed by atoms with Crippen molar-refractivity contribution in [1.82, 2.24) is 4.98 Å². The molecule has 0 saturated heterocycles. The first-order valence-electron chi connectivity index (χ1n) is 8.98. The second-order valence-electron chi connectivity index (χ2n) is 6.10. The molecule has 0 bridgehead atoms. The maximum atomic E-state index is 13.2. The lowest BCUT2D eigenvalue weighted by atomic mass is 10.0. The fraction of sp³-hybridized carbons (Fsp3) is 0.130. The van der Waals surface area contributed by atoms with Gasteiger partial charge in [0.2, 0.25) is 0 Å². The molecule has 28 heavy (non-hydrogen) atoms. The summed E-state index contributed by atoms with van der Waals surface area (Å²) in [4.78, 5) is 19.5. The van der Waals surface area contributed by atoms with Crippen molar-refractivity contribution in [3.63, 3.8) is 0 Å². The Bertz CT molecular complexity index is 969. The quantitative estimate of drug-likeness (QED) is 0.393. The van der Waals surface area contributed by atoms with E-state index < -0.39 is 0 Å². The molecule has 1 aromatic heterocycles. The van der Waals surface area contributed by atoms with Crippen LogP contribution in [0, 0.1) is 0 Å². The van der Waals surface area contributed by atoms with Crippen LogP contribution in [0.25, 0.3) is 5.57 Å². The minimum atomic E-state index is -0.179. The maximum Gasteiger partial charge on any atom is 0.198 e. The zero-order chi connectivity index (χ0) is 19.9. The Labute approximate surface area is 170 Å². The molecule has 0 radical (unpaired) electrons. The van der Waals surface area contributed by atoms with Gasteiger partial charge in [0.1, 0.15) is 5.75 Å². The standard InChI is InChI=1S/C23H21ClN2O2/c1-3-28-18-13-11-17(12-14-18)26(2)16-20(22-10-6-7-15-25-22)23(27)19-8-4-5-9-21(19)24/h4-16H,3H2,1-2H3/b20-16-. The zero-order valence-electron chi connectivity index (χ0n) is 15.8. The number of carbonyl (C=O) groups excluding carboxylic acids is 1. The number of hydrogen-bond donors (Lipinski definition) is 0. The van der Waals surface area contributed by atoms with Gasteiger partial charge >= 0.3 is 0 Å². The topological polar surface area (TPSA) is 42.4 Å². The Hall–Kier alpha value is -3.11. The summed E-state index contributed by atoms with van der Waals surface area (Å²) in [6.07, 6.45) is 3.45. The number of rotatable bonds is 7. The number of halogens is 1. The normalized spacial score (nSPS) is 11.2. The lowest BCUT2D eigenvalue weighted by Gasteiger charge is -2.17. The van der Waals surface area contributed by atoms with Crippen molar-refractivity contribution in [1.29, 1.82) is 0 Å². The summed E-state index contributed by atoms with van der Waals surface area (Å²) in [5.74, 6) is 0.628. The van der Waals surface area contributed by atoms with Crippen LogP contribution in [0.5, 0.6) is 5.75 Å². The highest BCUT2D eigenvalue weighted by atomic mass is 35.5. The molecule has 1 heterocycles. The molecule has 0 amide bonds. The Morgan fingerprint density at radius 1 is 1.07 bits per heavy atom. The number of ether oxygens (including phenoxy) is 1. The first kappa shape index (κ1) is 19.6. The number of anilines is 1. The average molecular weight is 393 g/mol. The van der Waals surface area contributed by atoms with E-state index in [9.17, 15) is 4.79 Å². The molecule has 0 atom stereocenters. The summed E-state index contributed by atoms with van der Waals surface area (Å²) < 4.78 is 5.49. The molecule has 142 valence electrons. The van der Waals surface area contributed by atoms with Crippen LogP contribution in [0.3, 0.4) is 0 Å². The zero-order valence-corrected chi connectivity index (χ0v) is 16.6. The van der Waals surface area contributed by atoms with E-state index in [1.807, 2.05) is 61.3 Å². The summed E-state index contributed by atoms with van der Waals surface area (Å²) in [5, 5.41) is 0.415. The average Bonchev–Trinajstić information content (AvgIpc) is 2.73. The predicted octanol–water partition coefficient (Wildman–Crippen LogP) is 5.49. The van der Waals surface area contributed by atoms with Crippen molar-refractivity contribution in [2.24, 2.45) is 0 Å². The Balaban J connectivity index is 1.99. The van der Waals surface area contributed by atoms with Gasteiger partial charge in [0, 0.05) is 30.7 Å². The Morgan fingerprint density at radius 2 is 1.79 bits per heavy atom. The van der Waals surface area contributed by atoms with E-state index in [0.717, 1.165) is 11.4 Å². The molecule has 5 heteroatoms. The number of allylic oxidation sites excluding steroid dienone is 1. The van der Waals surface area contributed by atoms with Gasteiger partial charge in [-0.25, -0.2) is 0 Å². The van der Waals surface area contributed by atoms with Crippen molar-refractivity contribution >= 4 is 28.6 Å². The van der Waals surface area contributed by atoms with Gasteiger partial charge in [-0.3, -0.25) is 9.78 Å². The molecule has 0 spiro atoms. The van der Waals surface area contributed by atoms with E-state index in [-0.39, 0.29) is 5.78 Å².